The van der Waals surface area contributed by atoms with E-state index in [2.05, 4.69) is 10.6 Å². The minimum absolute atomic E-state index is 0.125. The number of amides is 2. The second-order valence-electron chi connectivity index (χ2n) is 5.47. The van der Waals surface area contributed by atoms with Gasteiger partial charge >= 0.3 is 5.97 Å². The molecule has 0 radical (unpaired) electrons. The van der Waals surface area contributed by atoms with Crippen LogP contribution >= 0.6 is 22.7 Å². The van der Waals surface area contributed by atoms with Gasteiger partial charge in [-0.05, 0) is 40.6 Å². The van der Waals surface area contributed by atoms with Gasteiger partial charge in [0.15, 0.2) is 0 Å². The topological polar surface area (TPSA) is 84.5 Å². The van der Waals surface area contributed by atoms with Crippen molar-refractivity contribution in [2.75, 3.05) is 12.4 Å². The second-order valence-corrected chi connectivity index (χ2v) is 7.33. The molecular formula is C19H16N2O4S2. The molecule has 2 aromatic heterocycles. The number of hydrogen-bond acceptors (Lipinski definition) is 6. The molecule has 0 aliphatic carbocycles. The van der Waals surface area contributed by atoms with E-state index in [0.717, 1.165) is 5.56 Å². The maximum atomic E-state index is 12.4. The molecule has 0 saturated carbocycles. The number of carbonyl (C=O) groups is 3. The molecule has 0 aliphatic rings. The summed E-state index contributed by atoms with van der Waals surface area (Å²) in [4.78, 5) is 36.7. The molecule has 27 heavy (non-hydrogen) atoms. The molecule has 3 aromatic rings. The van der Waals surface area contributed by atoms with Crippen molar-refractivity contribution in [3.05, 3.63) is 74.8 Å². The Bertz CT molecular complexity index is 947. The minimum atomic E-state index is -0.497. The molecule has 2 heterocycles. The number of carbonyl (C=O) groups excluding carboxylic acids is 3. The van der Waals surface area contributed by atoms with Crippen molar-refractivity contribution in [1.29, 1.82) is 0 Å². The lowest BCUT2D eigenvalue weighted by Crippen LogP contribution is -2.21. The van der Waals surface area contributed by atoms with Crippen molar-refractivity contribution in [3.8, 4) is 0 Å². The van der Waals surface area contributed by atoms with Crippen LogP contribution in [0.1, 0.15) is 36.0 Å². The fraction of sp³-hybridized carbons (Fsp3) is 0.105. The van der Waals surface area contributed by atoms with Gasteiger partial charge in [0.25, 0.3) is 11.8 Å². The summed E-state index contributed by atoms with van der Waals surface area (Å²) in [6.07, 6.45) is 0. The Morgan fingerprint density at radius 2 is 1.74 bits per heavy atom. The summed E-state index contributed by atoms with van der Waals surface area (Å²) in [6.45, 7) is 0.371. The highest BCUT2D eigenvalue weighted by Crippen LogP contribution is 2.24. The molecule has 0 atom stereocenters. The minimum Gasteiger partial charge on any atom is -0.465 e. The Hall–Kier alpha value is -2.97. The SMILES string of the molecule is COC(=O)c1ccsc1NC(=O)c1ccc(CNC(=O)c2cccs2)cc1. The van der Waals surface area contributed by atoms with Crippen molar-refractivity contribution in [2.45, 2.75) is 6.54 Å². The summed E-state index contributed by atoms with van der Waals surface area (Å²) in [7, 11) is 1.29. The molecule has 1 aromatic carbocycles. The van der Waals surface area contributed by atoms with E-state index in [-0.39, 0.29) is 11.8 Å². The fourth-order valence-electron chi connectivity index (χ4n) is 2.30. The van der Waals surface area contributed by atoms with Crippen molar-refractivity contribution in [1.82, 2.24) is 5.32 Å². The number of rotatable bonds is 6. The molecular weight excluding hydrogens is 384 g/mol. The van der Waals surface area contributed by atoms with Crippen LogP contribution < -0.4 is 10.6 Å². The molecule has 0 aliphatic heterocycles. The summed E-state index contributed by atoms with van der Waals surface area (Å²) in [5.74, 6) is -0.944. The molecule has 8 heteroatoms. The van der Waals surface area contributed by atoms with Gasteiger partial charge in [0.1, 0.15) is 5.00 Å². The number of hydrogen-bond donors (Lipinski definition) is 2. The molecule has 6 nitrogen and oxygen atoms in total. The van der Waals surface area contributed by atoms with Crippen LogP contribution in [-0.4, -0.2) is 24.9 Å². The highest BCUT2D eigenvalue weighted by atomic mass is 32.1. The van der Waals surface area contributed by atoms with Crippen LogP contribution in [0, 0.1) is 0 Å². The third kappa shape index (κ3) is 4.60. The lowest BCUT2D eigenvalue weighted by Gasteiger charge is -2.07. The van der Waals surface area contributed by atoms with Crippen LogP contribution in [0.15, 0.2) is 53.2 Å². The van der Waals surface area contributed by atoms with Gasteiger partial charge in [0.2, 0.25) is 0 Å². The number of benzene rings is 1. The number of methoxy groups -OCH3 is 1. The Morgan fingerprint density at radius 3 is 2.41 bits per heavy atom. The molecule has 0 bridgehead atoms. The number of nitrogens with one attached hydrogen (secondary N) is 2. The maximum absolute atomic E-state index is 12.4. The van der Waals surface area contributed by atoms with Crippen LogP contribution in [0.5, 0.6) is 0 Å². The molecule has 2 N–H and O–H groups in total. The molecule has 3 rings (SSSR count). The summed E-state index contributed by atoms with van der Waals surface area (Å²) in [5.41, 5.74) is 1.65. The van der Waals surface area contributed by atoms with Gasteiger partial charge in [-0.2, -0.15) is 0 Å². The summed E-state index contributed by atoms with van der Waals surface area (Å²) < 4.78 is 4.69. The van der Waals surface area contributed by atoms with E-state index < -0.39 is 5.97 Å². The normalized spacial score (nSPS) is 10.3. The summed E-state index contributed by atoms with van der Waals surface area (Å²) in [6, 6.07) is 12.1. The number of esters is 1. The molecule has 0 saturated heterocycles. The lowest BCUT2D eigenvalue weighted by atomic mass is 10.1. The fourth-order valence-corrected chi connectivity index (χ4v) is 3.71. The quantitative estimate of drug-likeness (QED) is 0.617. The lowest BCUT2D eigenvalue weighted by molar-refractivity contribution is 0.0602. The Labute approximate surface area is 163 Å². The summed E-state index contributed by atoms with van der Waals surface area (Å²) >= 11 is 2.63. The van der Waals surface area contributed by atoms with Gasteiger partial charge in [-0.25, -0.2) is 4.79 Å². The smallest absolute Gasteiger partial charge is 0.340 e. The van der Waals surface area contributed by atoms with E-state index in [1.54, 1.807) is 41.8 Å². The molecule has 2 amide bonds. The molecule has 0 unspecified atom stereocenters. The largest absolute Gasteiger partial charge is 0.465 e. The predicted octanol–water partition coefficient (Wildman–Crippen LogP) is 3.78. The third-order valence-corrected chi connectivity index (χ3v) is 5.41. The predicted molar refractivity (Wildman–Crippen MR) is 106 cm³/mol. The highest BCUT2D eigenvalue weighted by Gasteiger charge is 2.16. The van der Waals surface area contributed by atoms with Crippen molar-refractivity contribution in [3.63, 3.8) is 0 Å². The number of thiophene rings is 2. The van der Waals surface area contributed by atoms with Crippen LogP contribution in [0.4, 0.5) is 5.00 Å². The van der Waals surface area contributed by atoms with Gasteiger partial charge in [0, 0.05) is 12.1 Å². The van der Waals surface area contributed by atoms with Crippen molar-refractivity contribution >= 4 is 45.5 Å². The van der Waals surface area contributed by atoms with E-state index in [1.165, 1.54) is 29.8 Å². The Kier molecular flexibility index (Phi) is 6.00. The Morgan fingerprint density at radius 1 is 0.963 bits per heavy atom. The zero-order valence-electron chi connectivity index (χ0n) is 14.4. The molecule has 0 fully saturated rings. The van der Waals surface area contributed by atoms with Crippen LogP contribution in [0.2, 0.25) is 0 Å². The van der Waals surface area contributed by atoms with Crippen molar-refractivity contribution in [2.24, 2.45) is 0 Å². The standard InChI is InChI=1S/C19H16N2O4S2/c1-25-19(24)14-8-10-27-18(14)21-16(22)13-6-4-12(5-7-13)11-20-17(23)15-3-2-9-26-15/h2-10H,11H2,1H3,(H,20,23)(H,21,22). The van der Waals surface area contributed by atoms with E-state index in [0.29, 0.717) is 27.5 Å². The van der Waals surface area contributed by atoms with Crippen LogP contribution in [0.25, 0.3) is 0 Å². The first-order valence-corrected chi connectivity index (χ1v) is 9.72. The summed E-state index contributed by atoms with van der Waals surface area (Å²) in [5, 5.41) is 9.56. The molecule has 0 spiro atoms. The average molecular weight is 400 g/mol. The van der Waals surface area contributed by atoms with Gasteiger partial charge in [-0.15, -0.1) is 22.7 Å². The van der Waals surface area contributed by atoms with Gasteiger partial charge in [0.05, 0.1) is 17.6 Å². The highest BCUT2D eigenvalue weighted by molar-refractivity contribution is 7.14. The maximum Gasteiger partial charge on any atom is 0.340 e. The zero-order chi connectivity index (χ0) is 19.2. The van der Waals surface area contributed by atoms with E-state index in [1.807, 2.05) is 11.4 Å². The van der Waals surface area contributed by atoms with Crippen molar-refractivity contribution < 1.29 is 19.1 Å². The van der Waals surface area contributed by atoms with Gasteiger partial charge in [-0.3, -0.25) is 9.59 Å². The van der Waals surface area contributed by atoms with Gasteiger partial charge < -0.3 is 15.4 Å². The van der Waals surface area contributed by atoms with E-state index in [9.17, 15) is 14.4 Å². The molecule has 138 valence electrons. The second kappa shape index (κ2) is 8.61. The zero-order valence-corrected chi connectivity index (χ0v) is 16.0. The van der Waals surface area contributed by atoms with Crippen LogP contribution in [-0.2, 0) is 11.3 Å². The average Bonchev–Trinajstić information content (AvgIpc) is 3.38. The Balaban J connectivity index is 1.60. The van der Waals surface area contributed by atoms with Gasteiger partial charge in [-0.1, -0.05) is 18.2 Å². The van der Waals surface area contributed by atoms with E-state index in [4.69, 9.17) is 4.74 Å². The first-order chi connectivity index (χ1) is 13.1. The first-order valence-electron chi connectivity index (χ1n) is 7.96. The third-order valence-electron chi connectivity index (χ3n) is 3.71. The number of anilines is 1. The first kappa shape index (κ1) is 18.8. The monoisotopic (exact) mass is 400 g/mol. The van der Waals surface area contributed by atoms with Crippen LogP contribution in [0.3, 0.4) is 0 Å². The van der Waals surface area contributed by atoms with E-state index >= 15 is 0 Å². The number of ether oxygens (including phenoxy) is 1.